The number of aryl methyl sites for hydroxylation is 1. The molecule has 2 amide bonds. The monoisotopic (exact) mass is 282 g/mol. The van der Waals surface area contributed by atoms with Crippen LogP contribution >= 0.6 is 11.8 Å². The van der Waals surface area contributed by atoms with Crippen LogP contribution in [0.25, 0.3) is 0 Å². The molecule has 1 rings (SSSR count). The molecule has 1 atom stereocenters. The van der Waals surface area contributed by atoms with Crippen molar-refractivity contribution in [3.8, 4) is 0 Å². The molecule has 0 saturated carbocycles. The number of carboxylic acid groups (broad SMARTS) is 1. The number of benzene rings is 1. The van der Waals surface area contributed by atoms with Gasteiger partial charge in [-0.15, -0.1) is 0 Å². The number of hydrogen-bond acceptors (Lipinski definition) is 3. The molecular formula is C13H18N2O3S. The van der Waals surface area contributed by atoms with Gasteiger partial charge in [0.15, 0.2) is 0 Å². The Bertz CT molecular complexity index is 477. The zero-order valence-corrected chi connectivity index (χ0v) is 12.0. The predicted octanol–water partition coefficient (Wildman–Crippen LogP) is 2.57. The Labute approximate surface area is 116 Å². The van der Waals surface area contributed by atoms with Gasteiger partial charge in [-0.1, -0.05) is 12.1 Å². The number of thioether (sulfide) groups is 1. The van der Waals surface area contributed by atoms with Gasteiger partial charge in [-0.3, -0.25) is 0 Å². The summed E-state index contributed by atoms with van der Waals surface area (Å²) in [5.74, 6) is -0.252. The Hall–Kier alpha value is -1.69. The number of carbonyl (C=O) groups is 2. The number of carbonyl (C=O) groups excluding carboxylic acids is 1. The van der Waals surface area contributed by atoms with Crippen LogP contribution in [0.5, 0.6) is 0 Å². The molecule has 0 aliphatic rings. The van der Waals surface area contributed by atoms with Crippen LogP contribution in [0.3, 0.4) is 0 Å². The highest BCUT2D eigenvalue weighted by molar-refractivity contribution is 7.98. The molecule has 1 unspecified atom stereocenters. The number of carboxylic acids is 1. The van der Waals surface area contributed by atoms with Gasteiger partial charge < -0.3 is 15.7 Å². The van der Waals surface area contributed by atoms with Gasteiger partial charge in [0.25, 0.3) is 0 Å². The van der Waals surface area contributed by atoms with Crippen LogP contribution in [0.15, 0.2) is 18.2 Å². The molecule has 0 saturated heterocycles. The van der Waals surface area contributed by atoms with Crippen molar-refractivity contribution in [2.24, 2.45) is 0 Å². The van der Waals surface area contributed by atoms with Gasteiger partial charge >= 0.3 is 12.0 Å². The molecule has 0 spiro atoms. The molecule has 0 fully saturated rings. The van der Waals surface area contributed by atoms with Gasteiger partial charge in [-0.25, -0.2) is 9.59 Å². The fourth-order valence-corrected chi connectivity index (χ4v) is 2.31. The SMILES string of the molecule is CSCC(C)NC(=O)Nc1cccc(C)c1C(=O)O. The van der Waals surface area contributed by atoms with E-state index in [9.17, 15) is 9.59 Å². The van der Waals surface area contributed by atoms with Crippen molar-refractivity contribution in [2.75, 3.05) is 17.3 Å². The highest BCUT2D eigenvalue weighted by Gasteiger charge is 2.15. The summed E-state index contributed by atoms with van der Waals surface area (Å²) in [5.41, 5.74) is 1.04. The van der Waals surface area contributed by atoms with Gasteiger partial charge in [-0.05, 0) is 31.7 Å². The lowest BCUT2D eigenvalue weighted by atomic mass is 10.1. The van der Waals surface area contributed by atoms with Crippen LogP contribution in [0.1, 0.15) is 22.8 Å². The van der Waals surface area contributed by atoms with E-state index in [4.69, 9.17) is 5.11 Å². The first kappa shape index (κ1) is 15.4. The lowest BCUT2D eigenvalue weighted by molar-refractivity contribution is 0.0697. The molecule has 5 nitrogen and oxygen atoms in total. The molecule has 0 radical (unpaired) electrons. The van der Waals surface area contributed by atoms with E-state index in [-0.39, 0.29) is 11.6 Å². The fraction of sp³-hybridized carbons (Fsp3) is 0.385. The van der Waals surface area contributed by atoms with E-state index in [1.165, 1.54) is 0 Å². The molecule has 0 aliphatic carbocycles. The van der Waals surface area contributed by atoms with E-state index in [1.54, 1.807) is 36.9 Å². The van der Waals surface area contributed by atoms with E-state index in [0.29, 0.717) is 11.3 Å². The van der Waals surface area contributed by atoms with Gasteiger partial charge in [0, 0.05) is 11.8 Å². The van der Waals surface area contributed by atoms with Gasteiger partial charge in [0.1, 0.15) is 0 Å². The molecule has 1 aromatic rings. The third-order valence-corrected chi connectivity index (χ3v) is 3.36. The average Bonchev–Trinajstić information content (AvgIpc) is 2.28. The molecule has 19 heavy (non-hydrogen) atoms. The Morgan fingerprint density at radius 2 is 2.11 bits per heavy atom. The van der Waals surface area contributed by atoms with Gasteiger partial charge in [-0.2, -0.15) is 11.8 Å². The van der Waals surface area contributed by atoms with Crippen LogP contribution in [0.2, 0.25) is 0 Å². The molecule has 1 aromatic carbocycles. The third-order valence-electron chi connectivity index (χ3n) is 2.53. The Balaban J connectivity index is 2.80. The molecule has 0 heterocycles. The van der Waals surface area contributed by atoms with Crippen LogP contribution in [0, 0.1) is 6.92 Å². The summed E-state index contributed by atoms with van der Waals surface area (Å²) in [7, 11) is 0. The molecule has 0 aromatic heterocycles. The number of hydrogen-bond donors (Lipinski definition) is 3. The maximum Gasteiger partial charge on any atom is 0.338 e. The molecule has 0 aliphatic heterocycles. The fourth-order valence-electron chi connectivity index (χ4n) is 1.73. The maximum absolute atomic E-state index is 11.8. The predicted molar refractivity (Wildman–Crippen MR) is 78.1 cm³/mol. The minimum absolute atomic E-state index is 0.0214. The number of nitrogens with one attached hydrogen (secondary N) is 2. The van der Waals surface area contributed by atoms with E-state index in [1.807, 2.05) is 13.2 Å². The van der Waals surface area contributed by atoms with Crippen molar-refractivity contribution < 1.29 is 14.7 Å². The summed E-state index contributed by atoms with van der Waals surface area (Å²) < 4.78 is 0. The van der Waals surface area contributed by atoms with Crippen molar-refractivity contribution in [3.05, 3.63) is 29.3 Å². The smallest absolute Gasteiger partial charge is 0.338 e. The second-order valence-electron chi connectivity index (χ2n) is 4.26. The van der Waals surface area contributed by atoms with Crippen LogP contribution in [-0.2, 0) is 0 Å². The van der Waals surface area contributed by atoms with Crippen molar-refractivity contribution in [3.63, 3.8) is 0 Å². The minimum Gasteiger partial charge on any atom is -0.478 e. The lowest BCUT2D eigenvalue weighted by Crippen LogP contribution is -2.37. The van der Waals surface area contributed by atoms with Crippen LogP contribution in [0.4, 0.5) is 10.5 Å². The van der Waals surface area contributed by atoms with Crippen LogP contribution in [-0.4, -0.2) is 35.2 Å². The number of urea groups is 1. The summed E-state index contributed by atoms with van der Waals surface area (Å²) in [5, 5.41) is 14.5. The summed E-state index contributed by atoms with van der Waals surface area (Å²) in [4.78, 5) is 22.9. The molecule has 6 heteroatoms. The molecule has 104 valence electrons. The number of anilines is 1. The molecule has 0 bridgehead atoms. The van der Waals surface area contributed by atoms with Crippen molar-refractivity contribution in [1.82, 2.24) is 5.32 Å². The molecular weight excluding hydrogens is 264 g/mol. The standard InChI is InChI=1S/C13H18N2O3S/c1-8-5-4-6-10(11(8)12(16)17)15-13(18)14-9(2)7-19-3/h4-6,9H,7H2,1-3H3,(H,16,17)(H2,14,15,18). The van der Waals surface area contributed by atoms with Crippen molar-refractivity contribution >= 4 is 29.4 Å². The zero-order valence-electron chi connectivity index (χ0n) is 11.2. The lowest BCUT2D eigenvalue weighted by Gasteiger charge is -2.15. The maximum atomic E-state index is 11.8. The normalized spacial score (nSPS) is 11.7. The minimum atomic E-state index is -1.05. The largest absolute Gasteiger partial charge is 0.478 e. The van der Waals surface area contributed by atoms with E-state index < -0.39 is 12.0 Å². The highest BCUT2D eigenvalue weighted by atomic mass is 32.2. The van der Waals surface area contributed by atoms with E-state index in [2.05, 4.69) is 10.6 Å². The summed E-state index contributed by atoms with van der Waals surface area (Å²) >= 11 is 1.63. The second-order valence-corrected chi connectivity index (χ2v) is 5.17. The van der Waals surface area contributed by atoms with Crippen molar-refractivity contribution in [2.45, 2.75) is 19.9 Å². The Morgan fingerprint density at radius 1 is 1.42 bits per heavy atom. The van der Waals surface area contributed by atoms with Crippen LogP contribution < -0.4 is 10.6 Å². The topological polar surface area (TPSA) is 78.4 Å². The average molecular weight is 282 g/mol. The number of rotatable bonds is 5. The number of aromatic carboxylic acids is 1. The zero-order chi connectivity index (χ0) is 14.4. The van der Waals surface area contributed by atoms with E-state index in [0.717, 1.165) is 5.75 Å². The first-order valence-electron chi connectivity index (χ1n) is 5.85. The summed E-state index contributed by atoms with van der Waals surface area (Å²) in [6, 6.07) is 4.61. The third kappa shape index (κ3) is 4.48. The summed E-state index contributed by atoms with van der Waals surface area (Å²) in [6.45, 7) is 3.59. The Morgan fingerprint density at radius 3 is 2.68 bits per heavy atom. The first-order valence-corrected chi connectivity index (χ1v) is 7.24. The summed E-state index contributed by atoms with van der Waals surface area (Å²) in [6.07, 6.45) is 1.96. The van der Waals surface area contributed by atoms with Gasteiger partial charge in [0.2, 0.25) is 0 Å². The van der Waals surface area contributed by atoms with Gasteiger partial charge in [0.05, 0.1) is 11.3 Å². The first-order chi connectivity index (χ1) is 8.95. The van der Waals surface area contributed by atoms with E-state index >= 15 is 0 Å². The van der Waals surface area contributed by atoms with Crippen molar-refractivity contribution in [1.29, 1.82) is 0 Å². The highest BCUT2D eigenvalue weighted by Crippen LogP contribution is 2.19. The molecule has 3 N–H and O–H groups in total. The quantitative estimate of drug-likeness (QED) is 0.775. The number of amides is 2. The second kappa shape index (κ2) is 7.04. The Kier molecular flexibility index (Phi) is 5.69.